The minimum Gasteiger partial charge on any atom is -0.325 e. The number of carbonyl (C=O) groups excluding carboxylic acids is 1. The molecule has 1 heterocycles. The number of anilines is 1. The maximum absolute atomic E-state index is 12.7. The van der Waals surface area contributed by atoms with Crippen LogP contribution < -0.4 is 5.32 Å². The molecule has 3 aromatic carbocycles. The summed E-state index contributed by atoms with van der Waals surface area (Å²) < 4.78 is 0. The highest BCUT2D eigenvalue weighted by Crippen LogP contribution is 2.34. The molecule has 0 spiro atoms. The molecule has 33 heavy (non-hydrogen) atoms. The van der Waals surface area contributed by atoms with Gasteiger partial charge in [-0.05, 0) is 42.7 Å². The van der Waals surface area contributed by atoms with Crippen LogP contribution in [0.4, 0.5) is 5.69 Å². The molecule has 4 rings (SSSR count). The second kappa shape index (κ2) is 10.2. The third-order valence-corrected chi connectivity index (χ3v) is 6.23. The van der Waals surface area contributed by atoms with Crippen LogP contribution in [0.15, 0.2) is 90.0 Å². The van der Waals surface area contributed by atoms with Gasteiger partial charge in [-0.15, -0.1) is 0 Å². The van der Waals surface area contributed by atoms with Crippen LogP contribution in [0.3, 0.4) is 0 Å². The Morgan fingerprint density at radius 1 is 0.939 bits per heavy atom. The molecule has 4 aromatic rings. The van der Waals surface area contributed by atoms with Gasteiger partial charge in [0, 0.05) is 16.8 Å². The number of carbonyl (C=O) groups is 1. The van der Waals surface area contributed by atoms with Crippen LogP contribution >= 0.6 is 11.8 Å². The van der Waals surface area contributed by atoms with Crippen LogP contribution in [0.5, 0.6) is 0 Å². The van der Waals surface area contributed by atoms with Crippen molar-refractivity contribution in [2.24, 2.45) is 0 Å². The molecular weight excluding hydrogens is 426 g/mol. The van der Waals surface area contributed by atoms with E-state index < -0.39 is 0 Å². The Morgan fingerprint density at radius 3 is 2.27 bits per heavy atom. The molecule has 0 atom stereocenters. The number of nitrogens with one attached hydrogen (secondary N) is 1. The number of hydrogen-bond acceptors (Lipinski definition) is 4. The standard InChI is InChI=1S/C28H23N3OS/c1-19-13-14-20(2)25(15-19)30-27(32)18-33-28-24(17-29)23(21-9-5-3-6-10-21)16-26(31-28)22-11-7-4-8-12-22/h3-16H,18H2,1-2H3,(H,30,32). The smallest absolute Gasteiger partial charge is 0.234 e. The number of amides is 1. The molecule has 162 valence electrons. The first-order valence-corrected chi connectivity index (χ1v) is 11.6. The lowest BCUT2D eigenvalue weighted by Crippen LogP contribution is -2.15. The van der Waals surface area contributed by atoms with Crippen LogP contribution in [0.1, 0.15) is 16.7 Å². The summed E-state index contributed by atoms with van der Waals surface area (Å²) in [6, 6.07) is 29.9. The Hall–Kier alpha value is -3.88. The summed E-state index contributed by atoms with van der Waals surface area (Å²) in [4.78, 5) is 17.5. The Labute approximate surface area is 198 Å². The highest BCUT2D eigenvalue weighted by atomic mass is 32.2. The molecule has 1 amide bonds. The van der Waals surface area contributed by atoms with Crippen molar-refractivity contribution in [3.05, 3.63) is 102 Å². The van der Waals surface area contributed by atoms with Gasteiger partial charge in [0.1, 0.15) is 11.1 Å². The van der Waals surface area contributed by atoms with E-state index in [-0.39, 0.29) is 11.7 Å². The van der Waals surface area contributed by atoms with E-state index in [4.69, 9.17) is 4.98 Å². The van der Waals surface area contributed by atoms with Crippen LogP contribution in [-0.4, -0.2) is 16.6 Å². The lowest BCUT2D eigenvalue weighted by atomic mass is 9.99. The molecule has 0 saturated carbocycles. The van der Waals surface area contributed by atoms with E-state index in [1.807, 2.05) is 98.8 Å². The van der Waals surface area contributed by atoms with Gasteiger partial charge in [0.05, 0.1) is 17.0 Å². The fraction of sp³-hybridized carbons (Fsp3) is 0.107. The third kappa shape index (κ3) is 5.31. The predicted octanol–water partition coefficient (Wildman–Crippen LogP) is 6.63. The molecule has 0 radical (unpaired) electrons. The van der Waals surface area contributed by atoms with Crippen LogP contribution in [0.25, 0.3) is 22.4 Å². The normalized spacial score (nSPS) is 10.5. The molecule has 0 aliphatic rings. The first-order valence-electron chi connectivity index (χ1n) is 10.6. The zero-order valence-corrected chi connectivity index (χ0v) is 19.3. The van der Waals surface area contributed by atoms with Crippen molar-refractivity contribution in [3.63, 3.8) is 0 Å². The van der Waals surface area contributed by atoms with E-state index >= 15 is 0 Å². The molecule has 4 nitrogen and oxygen atoms in total. The van der Waals surface area contributed by atoms with Gasteiger partial charge in [0.2, 0.25) is 5.91 Å². The van der Waals surface area contributed by atoms with Crippen molar-refractivity contribution in [2.45, 2.75) is 18.9 Å². The molecule has 0 unspecified atom stereocenters. The van der Waals surface area contributed by atoms with Gasteiger partial charge in [-0.2, -0.15) is 5.26 Å². The number of thioether (sulfide) groups is 1. The number of aryl methyl sites for hydroxylation is 2. The average molecular weight is 450 g/mol. The maximum Gasteiger partial charge on any atom is 0.234 e. The summed E-state index contributed by atoms with van der Waals surface area (Å²) in [6.07, 6.45) is 0. The van der Waals surface area contributed by atoms with Crippen molar-refractivity contribution < 1.29 is 4.79 Å². The van der Waals surface area contributed by atoms with Crippen LogP contribution in [0, 0.1) is 25.2 Å². The van der Waals surface area contributed by atoms with Gasteiger partial charge in [0.25, 0.3) is 0 Å². The van der Waals surface area contributed by atoms with Gasteiger partial charge in [0.15, 0.2) is 0 Å². The summed E-state index contributed by atoms with van der Waals surface area (Å²) in [7, 11) is 0. The Balaban J connectivity index is 1.67. The summed E-state index contributed by atoms with van der Waals surface area (Å²) in [5.41, 5.74) is 6.85. The van der Waals surface area contributed by atoms with Gasteiger partial charge < -0.3 is 5.32 Å². The maximum atomic E-state index is 12.7. The van der Waals surface area contributed by atoms with E-state index in [2.05, 4.69) is 11.4 Å². The van der Waals surface area contributed by atoms with E-state index in [0.717, 1.165) is 39.2 Å². The fourth-order valence-electron chi connectivity index (χ4n) is 3.53. The molecule has 0 fully saturated rings. The topological polar surface area (TPSA) is 65.8 Å². The Morgan fingerprint density at radius 2 is 1.61 bits per heavy atom. The Bertz CT molecular complexity index is 1330. The summed E-state index contributed by atoms with van der Waals surface area (Å²) in [5.74, 6) is 0.0207. The highest BCUT2D eigenvalue weighted by Gasteiger charge is 2.17. The average Bonchev–Trinajstić information content (AvgIpc) is 2.85. The van der Waals surface area contributed by atoms with Crippen LogP contribution in [-0.2, 0) is 4.79 Å². The second-order valence-electron chi connectivity index (χ2n) is 7.73. The van der Waals surface area contributed by atoms with Crippen molar-refractivity contribution in [2.75, 3.05) is 11.1 Å². The third-order valence-electron chi connectivity index (χ3n) is 5.26. The molecule has 0 aliphatic carbocycles. The van der Waals surface area contributed by atoms with Gasteiger partial charge >= 0.3 is 0 Å². The Kier molecular flexibility index (Phi) is 6.87. The van der Waals surface area contributed by atoms with Crippen molar-refractivity contribution in [1.82, 2.24) is 4.98 Å². The van der Waals surface area contributed by atoms with E-state index in [1.54, 1.807) is 0 Å². The highest BCUT2D eigenvalue weighted by molar-refractivity contribution is 8.00. The van der Waals surface area contributed by atoms with E-state index in [1.165, 1.54) is 11.8 Å². The number of benzene rings is 3. The predicted molar refractivity (Wildman–Crippen MR) is 135 cm³/mol. The molecule has 1 N–H and O–H groups in total. The number of hydrogen-bond donors (Lipinski definition) is 1. The fourth-order valence-corrected chi connectivity index (χ4v) is 4.33. The SMILES string of the molecule is Cc1ccc(C)c(NC(=O)CSc2nc(-c3ccccc3)cc(-c3ccccc3)c2C#N)c1. The molecular formula is C28H23N3OS. The number of nitrogens with zero attached hydrogens (tertiary/aromatic N) is 2. The van der Waals surface area contributed by atoms with E-state index in [9.17, 15) is 10.1 Å². The first kappa shape index (κ1) is 22.3. The molecule has 0 aliphatic heterocycles. The summed E-state index contributed by atoms with van der Waals surface area (Å²) >= 11 is 1.28. The number of pyridine rings is 1. The summed E-state index contributed by atoms with van der Waals surface area (Å²) in [5, 5.41) is 13.5. The lowest BCUT2D eigenvalue weighted by molar-refractivity contribution is -0.113. The number of rotatable bonds is 6. The molecule has 5 heteroatoms. The minimum absolute atomic E-state index is 0.134. The van der Waals surface area contributed by atoms with E-state index in [0.29, 0.717) is 10.6 Å². The quantitative estimate of drug-likeness (QED) is 0.335. The van der Waals surface area contributed by atoms with Gasteiger partial charge in [-0.25, -0.2) is 4.98 Å². The zero-order valence-electron chi connectivity index (χ0n) is 18.5. The van der Waals surface area contributed by atoms with Crippen LogP contribution in [0.2, 0.25) is 0 Å². The van der Waals surface area contributed by atoms with Gasteiger partial charge in [-0.1, -0.05) is 84.6 Å². The number of nitriles is 1. The molecule has 0 bridgehead atoms. The largest absolute Gasteiger partial charge is 0.325 e. The van der Waals surface area contributed by atoms with Crippen molar-refractivity contribution >= 4 is 23.4 Å². The molecule has 0 saturated heterocycles. The second-order valence-corrected chi connectivity index (χ2v) is 8.70. The zero-order chi connectivity index (χ0) is 23.2. The summed E-state index contributed by atoms with van der Waals surface area (Å²) in [6.45, 7) is 3.96. The lowest BCUT2D eigenvalue weighted by Gasteiger charge is -2.13. The van der Waals surface area contributed by atoms with Crippen molar-refractivity contribution in [3.8, 4) is 28.5 Å². The monoisotopic (exact) mass is 449 g/mol. The minimum atomic E-state index is -0.134. The van der Waals surface area contributed by atoms with Gasteiger partial charge in [-0.3, -0.25) is 4.79 Å². The first-order chi connectivity index (χ1) is 16.0. The molecule has 1 aromatic heterocycles. The van der Waals surface area contributed by atoms with Crippen molar-refractivity contribution in [1.29, 1.82) is 5.26 Å². The number of aromatic nitrogens is 1.